The summed E-state index contributed by atoms with van der Waals surface area (Å²) in [6, 6.07) is 8.26. The lowest BCUT2D eigenvalue weighted by Crippen LogP contribution is -1.99. The van der Waals surface area contributed by atoms with Crippen LogP contribution in [-0.2, 0) is 6.42 Å². The molecule has 0 aliphatic rings. The Balaban J connectivity index is 2.64. The molecule has 0 aliphatic carbocycles. The van der Waals surface area contributed by atoms with Gasteiger partial charge in [-0.05, 0) is 31.4 Å². The van der Waals surface area contributed by atoms with Crippen LogP contribution in [0, 0.1) is 0 Å². The van der Waals surface area contributed by atoms with E-state index >= 15 is 0 Å². The molecule has 0 bridgehead atoms. The van der Waals surface area contributed by atoms with E-state index in [1.54, 1.807) is 0 Å². The summed E-state index contributed by atoms with van der Waals surface area (Å²) in [4.78, 5) is 0.567. The fourth-order valence-corrected chi connectivity index (χ4v) is 1.59. The molecule has 0 saturated heterocycles. The van der Waals surface area contributed by atoms with E-state index in [2.05, 4.69) is 35.0 Å². The maximum Gasteiger partial charge on any atom is 0.122 e. The van der Waals surface area contributed by atoms with Gasteiger partial charge < -0.3 is 4.74 Å². The van der Waals surface area contributed by atoms with Gasteiger partial charge in [0, 0.05) is 4.83 Å². The van der Waals surface area contributed by atoms with Crippen molar-refractivity contribution in [3.63, 3.8) is 0 Å². The Labute approximate surface area is 94.6 Å². The highest BCUT2D eigenvalue weighted by atomic mass is 79.9. The first-order valence-electron chi connectivity index (χ1n) is 5.08. The van der Waals surface area contributed by atoms with Crippen LogP contribution in [0.2, 0.25) is 0 Å². The Morgan fingerprint density at radius 2 is 2.07 bits per heavy atom. The highest BCUT2D eigenvalue weighted by Gasteiger charge is 2.03. The van der Waals surface area contributed by atoms with Crippen LogP contribution in [-0.4, -0.2) is 11.4 Å². The Hall–Kier alpha value is -0.500. The van der Waals surface area contributed by atoms with E-state index in [9.17, 15) is 0 Å². The standard InChI is InChI=1S/C12H17BrO/c1-3-14-12-7-5-4-6-11(12)9-8-10(2)13/h4-7,10H,3,8-9H2,1-2H3. The molecule has 0 heterocycles. The van der Waals surface area contributed by atoms with Crippen molar-refractivity contribution >= 4 is 15.9 Å². The summed E-state index contributed by atoms with van der Waals surface area (Å²) in [6.45, 7) is 4.92. The monoisotopic (exact) mass is 256 g/mol. The van der Waals surface area contributed by atoms with Crippen molar-refractivity contribution in [3.05, 3.63) is 29.8 Å². The van der Waals surface area contributed by atoms with Gasteiger partial charge in [-0.25, -0.2) is 0 Å². The predicted molar refractivity (Wildman–Crippen MR) is 64.3 cm³/mol. The summed E-state index contributed by atoms with van der Waals surface area (Å²) in [5.74, 6) is 1.03. The molecular weight excluding hydrogens is 240 g/mol. The third-order valence-electron chi connectivity index (χ3n) is 2.08. The van der Waals surface area contributed by atoms with Crippen molar-refractivity contribution in [2.45, 2.75) is 31.5 Å². The van der Waals surface area contributed by atoms with Crippen LogP contribution in [0.1, 0.15) is 25.8 Å². The second kappa shape index (κ2) is 6.07. The summed E-state index contributed by atoms with van der Waals surface area (Å²) in [7, 11) is 0. The Bertz CT molecular complexity index is 271. The molecule has 0 aliphatic heterocycles. The van der Waals surface area contributed by atoms with Gasteiger partial charge in [0.15, 0.2) is 0 Å². The lowest BCUT2D eigenvalue weighted by atomic mass is 10.1. The van der Waals surface area contributed by atoms with Crippen LogP contribution in [0.5, 0.6) is 5.75 Å². The zero-order valence-corrected chi connectivity index (χ0v) is 10.4. The number of ether oxygens (including phenoxy) is 1. The van der Waals surface area contributed by atoms with Gasteiger partial charge in [-0.1, -0.05) is 41.1 Å². The van der Waals surface area contributed by atoms with Crippen molar-refractivity contribution in [2.24, 2.45) is 0 Å². The molecule has 1 rings (SSSR count). The summed E-state index contributed by atoms with van der Waals surface area (Å²) in [6.07, 6.45) is 2.21. The predicted octanol–water partition coefficient (Wildman–Crippen LogP) is 3.80. The lowest BCUT2D eigenvalue weighted by molar-refractivity contribution is 0.336. The Morgan fingerprint density at radius 3 is 2.71 bits per heavy atom. The number of aryl methyl sites for hydroxylation is 1. The molecule has 2 heteroatoms. The number of hydrogen-bond donors (Lipinski definition) is 0. The van der Waals surface area contributed by atoms with Crippen molar-refractivity contribution < 1.29 is 4.74 Å². The summed E-state index contributed by atoms with van der Waals surface area (Å²) < 4.78 is 5.55. The summed E-state index contributed by atoms with van der Waals surface area (Å²) >= 11 is 3.55. The van der Waals surface area contributed by atoms with Crippen LogP contribution in [0.4, 0.5) is 0 Å². The normalized spacial score (nSPS) is 12.5. The fourth-order valence-electron chi connectivity index (χ4n) is 1.36. The lowest BCUT2D eigenvalue weighted by Gasteiger charge is -2.10. The van der Waals surface area contributed by atoms with Gasteiger partial charge in [-0.15, -0.1) is 0 Å². The summed E-state index contributed by atoms with van der Waals surface area (Å²) in [5.41, 5.74) is 1.31. The van der Waals surface area contributed by atoms with Crippen LogP contribution in [0.3, 0.4) is 0 Å². The smallest absolute Gasteiger partial charge is 0.122 e. The van der Waals surface area contributed by atoms with E-state index in [0.29, 0.717) is 4.83 Å². The third kappa shape index (κ3) is 3.70. The van der Waals surface area contributed by atoms with E-state index in [-0.39, 0.29) is 0 Å². The highest BCUT2D eigenvalue weighted by Crippen LogP contribution is 2.21. The Morgan fingerprint density at radius 1 is 1.36 bits per heavy atom. The SMILES string of the molecule is CCOc1ccccc1CCC(C)Br. The first-order valence-corrected chi connectivity index (χ1v) is 6.00. The van der Waals surface area contributed by atoms with Crippen molar-refractivity contribution in [3.8, 4) is 5.75 Å². The molecule has 0 amide bonds. The molecule has 1 aromatic carbocycles. The molecule has 0 saturated carbocycles. The first-order chi connectivity index (χ1) is 6.74. The minimum absolute atomic E-state index is 0.567. The molecule has 0 N–H and O–H groups in total. The molecule has 0 fully saturated rings. The molecule has 0 spiro atoms. The highest BCUT2D eigenvalue weighted by molar-refractivity contribution is 9.09. The van der Waals surface area contributed by atoms with Crippen molar-refractivity contribution in [2.75, 3.05) is 6.61 Å². The number of hydrogen-bond acceptors (Lipinski definition) is 1. The molecule has 1 aromatic rings. The van der Waals surface area contributed by atoms with Crippen molar-refractivity contribution in [1.29, 1.82) is 0 Å². The molecule has 78 valence electrons. The van der Waals surface area contributed by atoms with Gasteiger partial charge in [-0.3, -0.25) is 0 Å². The van der Waals surface area contributed by atoms with Crippen LogP contribution in [0.25, 0.3) is 0 Å². The third-order valence-corrected chi connectivity index (χ3v) is 2.54. The van der Waals surface area contributed by atoms with Gasteiger partial charge in [0.05, 0.1) is 6.61 Å². The van der Waals surface area contributed by atoms with Gasteiger partial charge in [0.25, 0.3) is 0 Å². The minimum atomic E-state index is 0.567. The number of para-hydroxylation sites is 1. The van der Waals surface area contributed by atoms with E-state index in [4.69, 9.17) is 4.74 Å². The van der Waals surface area contributed by atoms with Gasteiger partial charge >= 0.3 is 0 Å². The number of benzene rings is 1. The molecule has 1 unspecified atom stereocenters. The second-order valence-corrected chi connectivity index (χ2v) is 4.92. The minimum Gasteiger partial charge on any atom is -0.494 e. The molecule has 1 atom stereocenters. The topological polar surface area (TPSA) is 9.23 Å². The molecule has 0 radical (unpaired) electrons. The Kier molecular flexibility index (Phi) is 5.02. The first kappa shape index (κ1) is 11.6. The second-order valence-electron chi connectivity index (χ2n) is 3.36. The van der Waals surface area contributed by atoms with Gasteiger partial charge in [0.2, 0.25) is 0 Å². The van der Waals surface area contributed by atoms with Crippen LogP contribution >= 0.6 is 15.9 Å². The van der Waals surface area contributed by atoms with Crippen LogP contribution < -0.4 is 4.74 Å². The quantitative estimate of drug-likeness (QED) is 0.729. The number of halogens is 1. The van der Waals surface area contributed by atoms with Gasteiger partial charge in [0.1, 0.15) is 5.75 Å². The summed E-state index contributed by atoms with van der Waals surface area (Å²) in [5, 5.41) is 0. The van der Waals surface area contributed by atoms with E-state index in [1.807, 2.05) is 19.1 Å². The molecule has 1 nitrogen and oxygen atoms in total. The van der Waals surface area contributed by atoms with E-state index in [1.165, 1.54) is 5.56 Å². The average Bonchev–Trinajstić information content (AvgIpc) is 2.17. The van der Waals surface area contributed by atoms with Gasteiger partial charge in [-0.2, -0.15) is 0 Å². The zero-order valence-electron chi connectivity index (χ0n) is 8.79. The number of alkyl halides is 1. The maximum atomic E-state index is 5.55. The van der Waals surface area contributed by atoms with Crippen molar-refractivity contribution in [1.82, 2.24) is 0 Å². The molecule has 14 heavy (non-hydrogen) atoms. The van der Waals surface area contributed by atoms with E-state index < -0.39 is 0 Å². The average molecular weight is 257 g/mol. The van der Waals surface area contributed by atoms with E-state index in [0.717, 1.165) is 25.2 Å². The maximum absolute atomic E-state index is 5.55. The zero-order chi connectivity index (χ0) is 10.4. The number of rotatable bonds is 5. The molecular formula is C12H17BrO. The fraction of sp³-hybridized carbons (Fsp3) is 0.500. The van der Waals surface area contributed by atoms with Crippen LogP contribution in [0.15, 0.2) is 24.3 Å². The molecule has 0 aromatic heterocycles. The largest absolute Gasteiger partial charge is 0.494 e.